The molecule has 2 nitrogen and oxygen atoms in total. The summed E-state index contributed by atoms with van der Waals surface area (Å²) in [6.45, 7) is 0. The topological polar surface area (TPSA) is 25.2 Å². The number of nitrogens with one attached hydrogen (secondary N) is 1. The Morgan fingerprint density at radius 3 is 2.81 bits per heavy atom. The predicted octanol–water partition coefficient (Wildman–Crippen LogP) is 5.35. The minimum atomic E-state index is 0.160. The van der Waals surface area contributed by atoms with Crippen LogP contribution in [0.3, 0.4) is 0 Å². The molecule has 2 aromatic carbocycles. The summed E-state index contributed by atoms with van der Waals surface area (Å²) in [5.74, 6) is 0. The van der Waals surface area contributed by atoms with Crippen LogP contribution in [0.1, 0.15) is 17.2 Å². The largest absolute Gasteiger partial charge is 0.464 e. The molecule has 3 rings (SSSR count). The Kier molecular flexibility index (Phi) is 4.34. The highest BCUT2D eigenvalue weighted by Crippen LogP contribution is 2.30. The van der Waals surface area contributed by atoms with Crippen LogP contribution < -0.4 is 5.32 Å². The van der Waals surface area contributed by atoms with E-state index in [1.807, 2.05) is 43.6 Å². The second kappa shape index (κ2) is 6.22. The molecule has 0 saturated heterocycles. The number of para-hydroxylation sites is 1. The van der Waals surface area contributed by atoms with Crippen molar-refractivity contribution in [3.63, 3.8) is 0 Å². The Bertz CT molecular complexity index is 768. The molecular formula is C17H15BrClNO. The number of hydrogen-bond donors (Lipinski definition) is 1. The summed E-state index contributed by atoms with van der Waals surface area (Å²) in [6.07, 6.45) is 2.64. The van der Waals surface area contributed by atoms with Crippen molar-refractivity contribution in [3.05, 3.63) is 69.3 Å². The van der Waals surface area contributed by atoms with Gasteiger partial charge in [-0.15, -0.1) is 0 Å². The van der Waals surface area contributed by atoms with Crippen LogP contribution in [0.5, 0.6) is 0 Å². The average molecular weight is 365 g/mol. The molecule has 0 fully saturated rings. The lowest BCUT2D eigenvalue weighted by molar-refractivity contribution is 0.563. The number of halogens is 2. The minimum Gasteiger partial charge on any atom is -0.464 e. The normalized spacial score (nSPS) is 12.7. The Morgan fingerprint density at radius 2 is 2.05 bits per heavy atom. The van der Waals surface area contributed by atoms with Gasteiger partial charge < -0.3 is 9.73 Å². The van der Waals surface area contributed by atoms with E-state index in [2.05, 4.69) is 33.4 Å². The van der Waals surface area contributed by atoms with Crippen molar-refractivity contribution in [1.29, 1.82) is 0 Å². The van der Waals surface area contributed by atoms with E-state index >= 15 is 0 Å². The van der Waals surface area contributed by atoms with Gasteiger partial charge in [-0.05, 0) is 37.2 Å². The van der Waals surface area contributed by atoms with Crippen molar-refractivity contribution in [2.24, 2.45) is 0 Å². The summed E-state index contributed by atoms with van der Waals surface area (Å²) in [5.41, 5.74) is 3.19. The van der Waals surface area contributed by atoms with E-state index in [0.717, 1.165) is 38.0 Å². The van der Waals surface area contributed by atoms with Gasteiger partial charge in [-0.25, -0.2) is 0 Å². The van der Waals surface area contributed by atoms with Crippen LogP contribution in [-0.4, -0.2) is 7.05 Å². The van der Waals surface area contributed by atoms with Crippen LogP contribution in [0.4, 0.5) is 0 Å². The highest BCUT2D eigenvalue weighted by molar-refractivity contribution is 9.10. The Morgan fingerprint density at radius 1 is 1.24 bits per heavy atom. The van der Waals surface area contributed by atoms with Gasteiger partial charge in [0.25, 0.3) is 0 Å². The fourth-order valence-electron chi connectivity index (χ4n) is 2.54. The molecule has 1 aromatic heterocycles. The number of hydrogen-bond acceptors (Lipinski definition) is 2. The molecule has 1 unspecified atom stereocenters. The molecule has 0 saturated carbocycles. The predicted molar refractivity (Wildman–Crippen MR) is 90.9 cm³/mol. The van der Waals surface area contributed by atoms with Crippen LogP contribution in [0, 0.1) is 0 Å². The Balaban J connectivity index is 1.95. The number of fused-ring (bicyclic) bond motifs is 1. The molecule has 0 aliphatic rings. The zero-order valence-corrected chi connectivity index (χ0v) is 13.9. The lowest BCUT2D eigenvalue weighted by Crippen LogP contribution is -2.18. The third-order valence-electron chi connectivity index (χ3n) is 3.67. The van der Waals surface area contributed by atoms with Crippen LogP contribution in [0.25, 0.3) is 11.0 Å². The first kappa shape index (κ1) is 14.6. The van der Waals surface area contributed by atoms with E-state index in [1.54, 1.807) is 0 Å². The number of furan rings is 1. The second-order valence-corrected chi connectivity index (χ2v) is 6.29. The molecule has 0 radical (unpaired) electrons. The van der Waals surface area contributed by atoms with Crippen LogP contribution in [0.2, 0.25) is 5.02 Å². The molecule has 4 heteroatoms. The summed E-state index contributed by atoms with van der Waals surface area (Å²) >= 11 is 9.76. The van der Waals surface area contributed by atoms with Crippen molar-refractivity contribution in [2.75, 3.05) is 7.05 Å². The second-order valence-electron chi connectivity index (χ2n) is 4.97. The minimum absolute atomic E-state index is 0.160. The molecule has 0 bridgehead atoms. The smallest absolute Gasteiger partial charge is 0.134 e. The molecule has 1 N–H and O–H groups in total. The molecule has 1 atom stereocenters. The lowest BCUT2D eigenvalue weighted by atomic mass is 9.98. The van der Waals surface area contributed by atoms with E-state index in [-0.39, 0.29) is 6.04 Å². The summed E-state index contributed by atoms with van der Waals surface area (Å²) < 4.78 is 6.63. The molecule has 0 aliphatic carbocycles. The van der Waals surface area contributed by atoms with E-state index in [1.165, 1.54) is 0 Å². The maximum Gasteiger partial charge on any atom is 0.134 e. The van der Waals surface area contributed by atoms with Gasteiger partial charge in [-0.1, -0.05) is 51.8 Å². The SMILES string of the molecule is CNC(Cc1ccc(Br)cc1Cl)c1coc2ccccc12. The van der Waals surface area contributed by atoms with Gasteiger partial charge in [0, 0.05) is 26.5 Å². The fourth-order valence-corrected chi connectivity index (χ4v) is 3.29. The molecule has 108 valence electrons. The van der Waals surface area contributed by atoms with E-state index in [9.17, 15) is 0 Å². The lowest BCUT2D eigenvalue weighted by Gasteiger charge is -2.16. The third kappa shape index (κ3) is 3.00. The summed E-state index contributed by atoms with van der Waals surface area (Å²) in [7, 11) is 1.96. The average Bonchev–Trinajstić information content (AvgIpc) is 2.91. The summed E-state index contributed by atoms with van der Waals surface area (Å²) in [4.78, 5) is 0. The van der Waals surface area contributed by atoms with Crippen LogP contribution in [-0.2, 0) is 6.42 Å². The van der Waals surface area contributed by atoms with Crippen LogP contribution >= 0.6 is 27.5 Å². The number of benzene rings is 2. The van der Waals surface area contributed by atoms with E-state index < -0.39 is 0 Å². The monoisotopic (exact) mass is 363 g/mol. The molecule has 3 aromatic rings. The quantitative estimate of drug-likeness (QED) is 0.675. The highest BCUT2D eigenvalue weighted by Gasteiger charge is 2.17. The zero-order chi connectivity index (χ0) is 14.8. The van der Waals surface area contributed by atoms with Crippen LogP contribution in [0.15, 0.2) is 57.6 Å². The zero-order valence-electron chi connectivity index (χ0n) is 11.6. The van der Waals surface area contributed by atoms with E-state index in [4.69, 9.17) is 16.0 Å². The van der Waals surface area contributed by atoms with Gasteiger partial charge >= 0.3 is 0 Å². The van der Waals surface area contributed by atoms with Gasteiger partial charge in [0.1, 0.15) is 5.58 Å². The first-order chi connectivity index (χ1) is 10.2. The number of likely N-dealkylation sites (N-methyl/N-ethyl adjacent to an activating group) is 1. The van der Waals surface area contributed by atoms with Gasteiger partial charge in [0.15, 0.2) is 0 Å². The number of rotatable bonds is 4. The van der Waals surface area contributed by atoms with Crippen molar-refractivity contribution in [3.8, 4) is 0 Å². The third-order valence-corrected chi connectivity index (χ3v) is 4.52. The molecule has 1 heterocycles. The summed E-state index contributed by atoms with van der Waals surface area (Å²) in [5, 5.41) is 5.28. The molecule has 21 heavy (non-hydrogen) atoms. The molecular weight excluding hydrogens is 350 g/mol. The van der Waals surface area contributed by atoms with Gasteiger partial charge in [0.2, 0.25) is 0 Å². The maximum absolute atomic E-state index is 6.33. The standard InChI is InChI=1S/C17H15BrClNO/c1-20-16(8-11-6-7-12(18)9-15(11)19)14-10-21-17-5-3-2-4-13(14)17/h2-7,9-10,16,20H,8H2,1H3. The van der Waals surface area contributed by atoms with Gasteiger partial charge in [-0.3, -0.25) is 0 Å². The van der Waals surface area contributed by atoms with E-state index in [0.29, 0.717) is 0 Å². The van der Waals surface area contributed by atoms with Crippen molar-refractivity contribution < 1.29 is 4.42 Å². The first-order valence-corrected chi connectivity index (χ1v) is 7.93. The summed E-state index contributed by atoms with van der Waals surface area (Å²) in [6, 6.07) is 14.2. The fraction of sp³-hybridized carbons (Fsp3) is 0.176. The maximum atomic E-state index is 6.33. The Hall–Kier alpha value is -1.29. The van der Waals surface area contributed by atoms with Crippen molar-refractivity contribution >= 4 is 38.5 Å². The highest BCUT2D eigenvalue weighted by atomic mass is 79.9. The Labute approximate surface area is 137 Å². The first-order valence-electron chi connectivity index (χ1n) is 6.76. The van der Waals surface area contributed by atoms with Crippen molar-refractivity contribution in [1.82, 2.24) is 5.32 Å². The van der Waals surface area contributed by atoms with Gasteiger partial charge in [-0.2, -0.15) is 0 Å². The van der Waals surface area contributed by atoms with Crippen molar-refractivity contribution in [2.45, 2.75) is 12.5 Å². The molecule has 0 aliphatic heterocycles. The molecule has 0 spiro atoms. The molecule has 0 amide bonds. The van der Waals surface area contributed by atoms with Gasteiger partial charge in [0.05, 0.1) is 6.26 Å².